The number of hydrogen-bond donors (Lipinski definition) is 2. The predicted octanol–water partition coefficient (Wildman–Crippen LogP) is 3.06. The zero-order valence-corrected chi connectivity index (χ0v) is 11.6. The van der Waals surface area contributed by atoms with Gasteiger partial charge in [-0.15, -0.1) is 0 Å². The molecule has 0 atom stereocenters. The Labute approximate surface area is 123 Å². The maximum absolute atomic E-state index is 11.8. The Morgan fingerprint density at radius 2 is 2.00 bits per heavy atom. The van der Waals surface area contributed by atoms with Gasteiger partial charge in [0.1, 0.15) is 0 Å². The number of carbonyl (C=O) groups excluding carboxylic acids is 1. The van der Waals surface area contributed by atoms with Crippen molar-refractivity contribution in [1.29, 1.82) is 5.26 Å². The van der Waals surface area contributed by atoms with Gasteiger partial charge in [-0.2, -0.15) is 5.26 Å². The number of carbonyl (C=O) groups is 1. The van der Waals surface area contributed by atoms with Crippen LogP contribution in [0.5, 0.6) is 0 Å². The Balaban J connectivity index is 2.26. The van der Waals surface area contributed by atoms with Crippen LogP contribution in [0.25, 0.3) is 0 Å². The first-order valence-electron chi connectivity index (χ1n) is 6.48. The lowest BCUT2D eigenvalue weighted by molar-refractivity contribution is 0.0527. The van der Waals surface area contributed by atoms with Gasteiger partial charge in [0.05, 0.1) is 35.2 Å². The number of nitrogens with two attached hydrogens (primary N) is 1. The third kappa shape index (κ3) is 3.31. The molecule has 5 nitrogen and oxygen atoms in total. The Bertz CT molecular complexity index is 688. The van der Waals surface area contributed by atoms with Crippen molar-refractivity contribution in [2.24, 2.45) is 0 Å². The smallest absolute Gasteiger partial charge is 0.340 e. The number of esters is 1. The molecule has 5 heteroatoms. The highest BCUT2D eigenvalue weighted by Crippen LogP contribution is 2.27. The van der Waals surface area contributed by atoms with Crippen LogP contribution in [-0.4, -0.2) is 12.6 Å². The van der Waals surface area contributed by atoms with E-state index in [9.17, 15) is 4.79 Å². The van der Waals surface area contributed by atoms with Crippen molar-refractivity contribution in [3.8, 4) is 6.07 Å². The van der Waals surface area contributed by atoms with Crippen molar-refractivity contribution < 1.29 is 9.53 Å². The van der Waals surface area contributed by atoms with Crippen molar-refractivity contribution in [3.63, 3.8) is 0 Å². The maximum Gasteiger partial charge on any atom is 0.340 e. The molecule has 0 spiro atoms. The fourth-order valence-corrected chi connectivity index (χ4v) is 1.84. The summed E-state index contributed by atoms with van der Waals surface area (Å²) < 4.78 is 4.96. The number of ether oxygens (including phenoxy) is 1. The molecule has 0 saturated carbocycles. The quantitative estimate of drug-likeness (QED) is 0.664. The lowest BCUT2D eigenvalue weighted by Crippen LogP contribution is -2.09. The molecular formula is C16H15N3O2. The predicted molar refractivity (Wildman–Crippen MR) is 81.3 cm³/mol. The van der Waals surface area contributed by atoms with E-state index in [1.165, 1.54) is 0 Å². The Morgan fingerprint density at radius 1 is 1.29 bits per heavy atom. The second-order valence-electron chi connectivity index (χ2n) is 4.30. The van der Waals surface area contributed by atoms with Crippen LogP contribution in [0.1, 0.15) is 22.8 Å². The van der Waals surface area contributed by atoms with Crippen LogP contribution in [0.4, 0.5) is 17.1 Å². The SMILES string of the molecule is CCOC(=O)c1cccc(Nc2ccc(C#N)cc2)c1N. The summed E-state index contributed by atoms with van der Waals surface area (Å²) in [5.74, 6) is -0.446. The van der Waals surface area contributed by atoms with E-state index in [2.05, 4.69) is 11.4 Å². The average Bonchev–Trinajstić information content (AvgIpc) is 2.50. The molecule has 0 aliphatic rings. The molecule has 0 amide bonds. The van der Waals surface area contributed by atoms with Gasteiger partial charge in [0.25, 0.3) is 0 Å². The van der Waals surface area contributed by atoms with Crippen LogP contribution in [0.3, 0.4) is 0 Å². The average molecular weight is 281 g/mol. The molecule has 2 aromatic carbocycles. The molecule has 0 aliphatic heterocycles. The van der Waals surface area contributed by atoms with E-state index in [1.54, 1.807) is 49.4 Å². The van der Waals surface area contributed by atoms with E-state index in [-0.39, 0.29) is 0 Å². The molecule has 0 aliphatic carbocycles. The number of anilines is 3. The van der Waals surface area contributed by atoms with Crippen molar-refractivity contribution in [2.75, 3.05) is 17.7 Å². The van der Waals surface area contributed by atoms with Crippen LogP contribution in [0, 0.1) is 11.3 Å². The zero-order valence-electron chi connectivity index (χ0n) is 11.6. The van der Waals surface area contributed by atoms with Gasteiger partial charge in [-0.25, -0.2) is 4.79 Å². The molecule has 0 unspecified atom stereocenters. The topological polar surface area (TPSA) is 88.1 Å². The number of hydrogen-bond acceptors (Lipinski definition) is 5. The molecule has 0 radical (unpaired) electrons. The molecule has 0 saturated heterocycles. The van der Waals surface area contributed by atoms with Gasteiger partial charge < -0.3 is 15.8 Å². The Morgan fingerprint density at radius 3 is 2.62 bits per heavy atom. The fraction of sp³-hybridized carbons (Fsp3) is 0.125. The fourth-order valence-electron chi connectivity index (χ4n) is 1.84. The number of benzene rings is 2. The highest BCUT2D eigenvalue weighted by Gasteiger charge is 2.13. The number of nitrogens with zero attached hydrogens (tertiary/aromatic N) is 1. The van der Waals surface area contributed by atoms with E-state index < -0.39 is 5.97 Å². The number of nitriles is 1. The molecular weight excluding hydrogens is 266 g/mol. The van der Waals surface area contributed by atoms with Gasteiger partial charge >= 0.3 is 5.97 Å². The number of para-hydroxylation sites is 1. The minimum atomic E-state index is -0.446. The summed E-state index contributed by atoms with van der Waals surface area (Å²) in [6.45, 7) is 2.04. The number of nitrogens with one attached hydrogen (secondary N) is 1. The standard InChI is InChI=1S/C16H15N3O2/c1-2-21-16(20)13-4-3-5-14(15(13)18)19-12-8-6-11(10-17)7-9-12/h3-9,19H,2,18H2,1H3. The van der Waals surface area contributed by atoms with Gasteiger partial charge in [0, 0.05) is 5.69 Å². The molecule has 2 rings (SSSR count). The van der Waals surface area contributed by atoms with Crippen LogP contribution in [-0.2, 0) is 4.74 Å². The first kappa shape index (κ1) is 14.4. The van der Waals surface area contributed by atoms with Gasteiger partial charge in [-0.3, -0.25) is 0 Å². The van der Waals surface area contributed by atoms with Crippen molar-refractivity contribution >= 4 is 23.0 Å². The largest absolute Gasteiger partial charge is 0.462 e. The van der Waals surface area contributed by atoms with Crippen molar-refractivity contribution in [2.45, 2.75) is 6.92 Å². The molecule has 0 bridgehead atoms. The summed E-state index contributed by atoms with van der Waals surface area (Å²) in [6.07, 6.45) is 0. The first-order valence-corrected chi connectivity index (χ1v) is 6.48. The van der Waals surface area contributed by atoms with Crippen molar-refractivity contribution in [1.82, 2.24) is 0 Å². The summed E-state index contributed by atoms with van der Waals surface area (Å²) in [5.41, 5.74) is 8.64. The molecule has 21 heavy (non-hydrogen) atoms. The highest BCUT2D eigenvalue weighted by molar-refractivity contribution is 5.98. The summed E-state index contributed by atoms with van der Waals surface area (Å²) in [4.78, 5) is 11.8. The van der Waals surface area contributed by atoms with E-state index in [0.717, 1.165) is 5.69 Å². The summed E-state index contributed by atoms with van der Waals surface area (Å²) in [5, 5.41) is 11.9. The normalized spacial score (nSPS) is 9.71. The lowest BCUT2D eigenvalue weighted by Gasteiger charge is -2.12. The molecule has 2 aromatic rings. The number of nitrogen functional groups attached to an aromatic ring is 1. The van der Waals surface area contributed by atoms with E-state index in [1.807, 2.05) is 0 Å². The Hall–Kier alpha value is -3.00. The van der Waals surface area contributed by atoms with Crippen LogP contribution < -0.4 is 11.1 Å². The van der Waals surface area contributed by atoms with Crippen molar-refractivity contribution in [3.05, 3.63) is 53.6 Å². The van der Waals surface area contributed by atoms with Gasteiger partial charge in [0.2, 0.25) is 0 Å². The summed E-state index contributed by atoms with van der Waals surface area (Å²) in [7, 11) is 0. The van der Waals surface area contributed by atoms with Crippen LogP contribution >= 0.6 is 0 Å². The third-order valence-electron chi connectivity index (χ3n) is 2.89. The molecule has 0 fully saturated rings. The minimum Gasteiger partial charge on any atom is -0.462 e. The molecule has 3 N–H and O–H groups in total. The zero-order chi connectivity index (χ0) is 15.2. The van der Waals surface area contributed by atoms with Gasteiger partial charge in [0.15, 0.2) is 0 Å². The second kappa shape index (κ2) is 6.44. The number of rotatable bonds is 4. The Kier molecular flexibility index (Phi) is 4.42. The van der Waals surface area contributed by atoms with Crippen LogP contribution in [0.2, 0.25) is 0 Å². The molecule has 0 aromatic heterocycles. The minimum absolute atomic E-state index is 0.297. The van der Waals surface area contributed by atoms with E-state index >= 15 is 0 Å². The van der Waals surface area contributed by atoms with Gasteiger partial charge in [-0.1, -0.05) is 6.07 Å². The van der Waals surface area contributed by atoms with E-state index in [0.29, 0.717) is 29.1 Å². The van der Waals surface area contributed by atoms with E-state index in [4.69, 9.17) is 15.7 Å². The summed E-state index contributed by atoms with van der Waals surface area (Å²) >= 11 is 0. The second-order valence-corrected chi connectivity index (χ2v) is 4.30. The highest BCUT2D eigenvalue weighted by atomic mass is 16.5. The summed E-state index contributed by atoms with van der Waals surface area (Å²) in [6, 6.07) is 14.1. The monoisotopic (exact) mass is 281 g/mol. The first-order chi connectivity index (χ1) is 10.2. The maximum atomic E-state index is 11.8. The molecule has 106 valence electrons. The van der Waals surface area contributed by atoms with Gasteiger partial charge in [-0.05, 0) is 43.3 Å². The molecule has 0 heterocycles. The third-order valence-corrected chi connectivity index (χ3v) is 2.89. The van der Waals surface area contributed by atoms with Crippen LogP contribution in [0.15, 0.2) is 42.5 Å². The lowest BCUT2D eigenvalue weighted by atomic mass is 10.1.